The lowest BCUT2D eigenvalue weighted by atomic mass is 10.2. The number of halogens is 1. The van der Waals surface area contributed by atoms with Gasteiger partial charge in [0.2, 0.25) is 0 Å². The molecule has 8 nitrogen and oxygen atoms in total. The monoisotopic (exact) mass is 354 g/mol. The Morgan fingerprint density at radius 1 is 1.38 bits per heavy atom. The molecule has 0 spiro atoms. The third-order valence-electron chi connectivity index (χ3n) is 3.68. The van der Waals surface area contributed by atoms with Gasteiger partial charge in [0.1, 0.15) is 12.1 Å². The number of rotatable bonds is 5. The maximum absolute atomic E-state index is 12.3. The van der Waals surface area contributed by atoms with Crippen molar-refractivity contribution in [1.29, 1.82) is 0 Å². The molecule has 2 rings (SSSR count). The van der Waals surface area contributed by atoms with E-state index in [1.807, 2.05) is 0 Å². The van der Waals surface area contributed by atoms with E-state index < -0.39 is 24.1 Å². The lowest BCUT2D eigenvalue weighted by molar-refractivity contribution is -0.138. The van der Waals surface area contributed by atoms with E-state index in [1.165, 1.54) is 11.8 Å². The number of likely N-dealkylation sites (tertiary alicyclic amines) is 1. The van der Waals surface area contributed by atoms with Crippen molar-refractivity contribution in [1.82, 2.24) is 15.6 Å². The summed E-state index contributed by atoms with van der Waals surface area (Å²) in [6.07, 6.45) is 1.18. The fraction of sp³-hybridized carbons (Fsp3) is 0.400. The molecule has 1 fully saturated rings. The van der Waals surface area contributed by atoms with E-state index in [9.17, 15) is 14.4 Å². The molecule has 0 saturated carbocycles. The zero-order chi connectivity index (χ0) is 17.7. The zero-order valence-electron chi connectivity index (χ0n) is 13.1. The molecule has 0 aliphatic carbocycles. The van der Waals surface area contributed by atoms with Crippen molar-refractivity contribution < 1.29 is 19.5 Å². The van der Waals surface area contributed by atoms with Crippen LogP contribution in [0.3, 0.4) is 0 Å². The van der Waals surface area contributed by atoms with Gasteiger partial charge in [-0.25, -0.2) is 4.79 Å². The highest BCUT2D eigenvalue weighted by Crippen LogP contribution is 2.18. The SMILES string of the molecule is C[C@H](NC(=O)N1CCCC1C(=O)NNc1cccc(Cl)c1)C(=O)O. The van der Waals surface area contributed by atoms with Gasteiger partial charge in [0.15, 0.2) is 0 Å². The summed E-state index contributed by atoms with van der Waals surface area (Å²) in [7, 11) is 0. The van der Waals surface area contributed by atoms with Gasteiger partial charge in [-0.05, 0) is 38.0 Å². The first-order valence-electron chi connectivity index (χ1n) is 7.50. The van der Waals surface area contributed by atoms with Crippen LogP contribution in [0, 0.1) is 0 Å². The molecule has 9 heteroatoms. The normalized spacial score (nSPS) is 17.9. The summed E-state index contributed by atoms with van der Waals surface area (Å²) in [6.45, 7) is 1.76. The average molecular weight is 355 g/mol. The number of urea groups is 1. The van der Waals surface area contributed by atoms with E-state index in [-0.39, 0.29) is 5.91 Å². The van der Waals surface area contributed by atoms with E-state index in [4.69, 9.17) is 16.7 Å². The van der Waals surface area contributed by atoms with Crippen LogP contribution in [0.25, 0.3) is 0 Å². The van der Waals surface area contributed by atoms with E-state index in [0.717, 1.165) is 0 Å². The molecule has 24 heavy (non-hydrogen) atoms. The summed E-state index contributed by atoms with van der Waals surface area (Å²) in [5.41, 5.74) is 5.90. The number of benzene rings is 1. The van der Waals surface area contributed by atoms with Crippen LogP contribution in [-0.4, -0.2) is 46.5 Å². The van der Waals surface area contributed by atoms with Crippen molar-refractivity contribution in [3.8, 4) is 0 Å². The Morgan fingerprint density at radius 2 is 2.12 bits per heavy atom. The number of carbonyl (C=O) groups excluding carboxylic acids is 2. The maximum Gasteiger partial charge on any atom is 0.325 e. The molecule has 0 aromatic heterocycles. The van der Waals surface area contributed by atoms with Crippen molar-refractivity contribution in [2.75, 3.05) is 12.0 Å². The Labute approximate surface area is 144 Å². The fourth-order valence-electron chi connectivity index (χ4n) is 2.40. The number of anilines is 1. The molecule has 1 heterocycles. The Morgan fingerprint density at radius 3 is 2.79 bits per heavy atom. The van der Waals surface area contributed by atoms with Crippen LogP contribution in [0.4, 0.5) is 10.5 Å². The Bertz CT molecular complexity index is 640. The van der Waals surface area contributed by atoms with Gasteiger partial charge in [-0.3, -0.25) is 20.4 Å². The topological polar surface area (TPSA) is 111 Å². The van der Waals surface area contributed by atoms with Gasteiger partial charge >= 0.3 is 12.0 Å². The van der Waals surface area contributed by atoms with Crippen molar-refractivity contribution >= 4 is 35.2 Å². The number of hydrazine groups is 1. The van der Waals surface area contributed by atoms with Crippen LogP contribution in [0.1, 0.15) is 19.8 Å². The predicted molar refractivity (Wildman–Crippen MR) is 88.6 cm³/mol. The van der Waals surface area contributed by atoms with Gasteiger partial charge in [-0.15, -0.1) is 0 Å². The Hall–Kier alpha value is -2.48. The van der Waals surface area contributed by atoms with Gasteiger partial charge in [0, 0.05) is 11.6 Å². The molecule has 1 aliphatic heterocycles. The molecule has 1 unspecified atom stereocenters. The van der Waals surface area contributed by atoms with Crippen LogP contribution in [-0.2, 0) is 9.59 Å². The van der Waals surface area contributed by atoms with Crippen LogP contribution in [0.5, 0.6) is 0 Å². The van der Waals surface area contributed by atoms with Gasteiger partial charge in [-0.1, -0.05) is 17.7 Å². The van der Waals surface area contributed by atoms with Gasteiger partial charge in [-0.2, -0.15) is 0 Å². The first-order chi connectivity index (χ1) is 11.4. The summed E-state index contributed by atoms with van der Waals surface area (Å²) in [5.74, 6) is -1.50. The second-order valence-electron chi connectivity index (χ2n) is 5.49. The second kappa shape index (κ2) is 7.87. The van der Waals surface area contributed by atoms with Gasteiger partial charge < -0.3 is 15.3 Å². The quantitative estimate of drug-likeness (QED) is 0.598. The summed E-state index contributed by atoms with van der Waals surface area (Å²) in [6, 6.07) is 4.59. The number of aliphatic carboxylic acids is 1. The van der Waals surface area contributed by atoms with Crippen LogP contribution >= 0.6 is 11.6 Å². The van der Waals surface area contributed by atoms with Crippen molar-refractivity contribution in [3.05, 3.63) is 29.3 Å². The highest BCUT2D eigenvalue weighted by molar-refractivity contribution is 6.30. The molecule has 3 amide bonds. The molecular formula is C15H19ClN4O4. The van der Waals surface area contributed by atoms with Crippen LogP contribution in [0.2, 0.25) is 5.02 Å². The van der Waals surface area contributed by atoms with E-state index in [0.29, 0.717) is 30.1 Å². The van der Waals surface area contributed by atoms with Crippen molar-refractivity contribution in [3.63, 3.8) is 0 Å². The average Bonchev–Trinajstić information content (AvgIpc) is 3.02. The number of nitrogens with zero attached hydrogens (tertiary/aromatic N) is 1. The molecule has 1 aromatic carbocycles. The lowest BCUT2D eigenvalue weighted by Gasteiger charge is -2.25. The van der Waals surface area contributed by atoms with E-state index >= 15 is 0 Å². The third-order valence-corrected chi connectivity index (χ3v) is 3.92. The first-order valence-corrected chi connectivity index (χ1v) is 7.87. The summed E-state index contributed by atoms with van der Waals surface area (Å²) in [4.78, 5) is 36.6. The molecule has 1 aliphatic rings. The lowest BCUT2D eigenvalue weighted by Crippen LogP contribution is -2.53. The molecule has 130 valence electrons. The molecule has 1 aromatic rings. The molecule has 0 radical (unpaired) electrons. The summed E-state index contributed by atoms with van der Waals surface area (Å²) < 4.78 is 0. The number of carbonyl (C=O) groups is 3. The number of hydrogen-bond acceptors (Lipinski definition) is 4. The fourth-order valence-corrected chi connectivity index (χ4v) is 2.59. The number of hydrogen-bond donors (Lipinski definition) is 4. The number of carboxylic acids is 1. The molecule has 0 bridgehead atoms. The number of nitrogens with one attached hydrogen (secondary N) is 3. The third kappa shape index (κ3) is 4.51. The predicted octanol–water partition coefficient (Wildman–Crippen LogP) is 1.43. The van der Waals surface area contributed by atoms with Crippen LogP contribution in [0.15, 0.2) is 24.3 Å². The minimum atomic E-state index is -1.13. The molecule has 4 N–H and O–H groups in total. The Balaban J connectivity index is 1.92. The van der Waals surface area contributed by atoms with E-state index in [1.54, 1.807) is 24.3 Å². The summed E-state index contributed by atoms with van der Waals surface area (Å²) >= 11 is 5.86. The van der Waals surface area contributed by atoms with E-state index in [2.05, 4.69) is 16.2 Å². The standard InChI is InChI=1S/C15H19ClN4O4/c1-9(14(22)23)17-15(24)20-7-3-6-12(20)13(21)19-18-11-5-2-4-10(16)8-11/h2,4-5,8-9,12,18H,3,6-7H2,1H3,(H,17,24)(H,19,21)(H,22,23)/t9-,12?/m0/s1. The zero-order valence-corrected chi connectivity index (χ0v) is 13.8. The highest BCUT2D eigenvalue weighted by atomic mass is 35.5. The first kappa shape index (κ1) is 17.9. The van der Waals surface area contributed by atoms with Crippen molar-refractivity contribution in [2.24, 2.45) is 0 Å². The minimum Gasteiger partial charge on any atom is -0.480 e. The smallest absolute Gasteiger partial charge is 0.325 e. The second-order valence-corrected chi connectivity index (χ2v) is 5.92. The molecular weight excluding hydrogens is 336 g/mol. The molecule has 1 saturated heterocycles. The highest BCUT2D eigenvalue weighted by Gasteiger charge is 2.35. The van der Waals surface area contributed by atoms with Gasteiger partial charge in [0.25, 0.3) is 5.91 Å². The number of amides is 3. The molecule has 2 atom stereocenters. The van der Waals surface area contributed by atoms with Gasteiger partial charge in [0.05, 0.1) is 5.69 Å². The largest absolute Gasteiger partial charge is 0.480 e. The minimum absolute atomic E-state index is 0.370. The Kier molecular flexibility index (Phi) is 5.86. The van der Waals surface area contributed by atoms with Crippen molar-refractivity contribution in [2.45, 2.75) is 31.8 Å². The summed E-state index contributed by atoms with van der Waals surface area (Å²) in [5, 5.41) is 11.7. The maximum atomic E-state index is 12.3. The number of carboxylic acid groups (broad SMARTS) is 1. The van der Waals surface area contributed by atoms with Crippen LogP contribution < -0.4 is 16.2 Å².